The first-order chi connectivity index (χ1) is 28.7. The molecule has 0 fully saturated rings. The molecule has 0 saturated heterocycles. The van der Waals surface area contributed by atoms with Gasteiger partial charge in [0.1, 0.15) is 0 Å². The molecule has 4 nitrogen and oxygen atoms in total. The van der Waals surface area contributed by atoms with Crippen LogP contribution in [0.2, 0.25) is 0 Å². The molecule has 2 amide bonds. The molecule has 0 spiro atoms. The van der Waals surface area contributed by atoms with E-state index in [2.05, 4.69) is 163 Å². The van der Waals surface area contributed by atoms with Gasteiger partial charge in [0.25, 0.3) is 0 Å². The molecule has 2 aliphatic rings. The minimum atomic E-state index is -6.30. The number of nitrogens with one attached hydrogen (secondary N) is 2. The minimum absolute atomic E-state index is 0.128. The predicted octanol–water partition coefficient (Wildman–Crippen LogP) is 14.8. The fraction of sp³-hybridized carbons (Fsp3) is 0.423. The molecule has 0 heterocycles. The van der Waals surface area contributed by atoms with Gasteiger partial charge in [0.05, 0.1) is 0 Å². The van der Waals surface area contributed by atoms with Crippen LogP contribution in [0.1, 0.15) is 160 Å². The van der Waals surface area contributed by atoms with E-state index in [0.29, 0.717) is 11.8 Å². The Morgan fingerprint density at radius 3 is 1.23 bits per heavy atom. The second kappa shape index (κ2) is 19.1. The monoisotopic (exact) mass is 1010 g/mol. The van der Waals surface area contributed by atoms with Gasteiger partial charge in [-0.3, -0.25) is 0 Å². The van der Waals surface area contributed by atoms with Gasteiger partial charge in [-0.1, -0.05) is 0 Å². The summed E-state index contributed by atoms with van der Waals surface area (Å²) < 4.78 is -1.78. The van der Waals surface area contributed by atoms with Gasteiger partial charge in [-0.05, 0) is 0 Å². The van der Waals surface area contributed by atoms with Crippen LogP contribution in [0, 0.1) is 11.8 Å². The molecule has 8 heteroatoms. The second-order valence-corrected chi connectivity index (χ2v) is 48.1. The maximum atomic E-state index is 13.9. The van der Waals surface area contributed by atoms with Crippen LogP contribution in [0.3, 0.4) is 0 Å². The van der Waals surface area contributed by atoms with Gasteiger partial charge in [0.15, 0.2) is 0 Å². The van der Waals surface area contributed by atoms with Gasteiger partial charge >= 0.3 is 372 Å². The Hall–Kier alpha value is -3.18. The summed E-state index contributed by atoms with van der Waals surface area (Å²) in [6, 6.07) is 30.8. The number of hydrogen-bond donors (Lipinski definition) is 2. The Kier molecular flexibility index (Phi) is 14.7. The molecule has 2 N–H and O–H groups in total. The number of fused-ring (bicyclic) bond motifs is 2. The number of halogens is 2. The first-order valence-corrected chi connectivity index (χ1v) is 37.9. The molecule has 6 atom stereocenters. The molecule has 4 aromatic rings. The molecular formula is C52H66BCl2HfN2O2. The third-order valence-corrected chi connectivity index (χ3v) is 42.5. The average Bonchev–Trinajstić information content (AvgIpc) is 3.89. The Morgan fingerprint density at radius 1 is 0.533 bits per heavy atom. The Labute approximate surface area is 369 Å². The molecule has 0 aliphatic heterocycles. The number of rotatable bonds is 17. The van der Waals surface area contributed by atoms with Crippen molar-refractivity contribution in [2.75, 3.05) is 0 Å². The number of hydrogen-bond acceptors (Lipinski definition) is 2. The molecule has 6 unspecified atom stereocenters. The summed E-state index contributed by atoms with van der Waals surface area (Å²) in [5, 5.41) is 6.70. The number of amides is 2. The molecule has 60 heavy (non-hydrogen) atoms. The van der Waals surface area contributed by atoms with Crippen molar-refractivity contribution in [2.45, 2.75) is 127 Å². The first kappa shape index (κ1) is 46.3. The van der Waals surface area contributed by atoms with Crippen LogP contribution in [0.15, 0.2) is 96.1 Å². The zero-order valence-corrected chi connectivity index (χ0v) is 42.7. The van der Waals surface area contributed by atoms with Gasteiger partial charge in [-0.2, -0.15) is 0 Å². The van der Waals surface area contributed by atoms with E-state index in [-0.39, 0.29) is 36.5 Å². The summed E-state index contributed by atoms with van der Waals surface area (Å²) in [4.78, 5) is 27.8. The summed E-state index contributed by atoms with van der Waals surface area (Å²) in [5.41, 5.74) is 14.3. The van der Waals surface area contributed by atoms with Crippen LogP contribution >= 0.6 is 17.2 Å². The molecule has 0 bridgehead atoms. The summed E-state index contributed by atoms with van der Waals surface area (Å²) in [6.45, 7) is 21.8. The molecule has 0 aromatic heterocycles. The van der Waals surface area contributed by atoms with Crippen molar-refractivity contribution in [3.05, 3.63) is 129 Å². The molecule has 0 radical (unpaired) electrons. The van der Waals surface area contributed by atoms with Crippen molar-refractivity contribution in [3.8, 4) is 22.3 Å². The van der Waals surface area contributed by atoms with E-state index < -0.39 is 27.8 Å². The summed E-state index contributed by atoms with van der Waals surface area (Å²) in [7, 11) is 18.2. The van der Waals surface area contributed by atoms with Crippen molar-refractivity contribution < 1.29 is 25.5 Å². The number of carbonyl (C=O) groups excluding carboxylic acids is 2. The topological polar surface area (TPSA) is 58.2 Å². The molecule has 2 aliphatic carbocycles. The van der Waals surface area contributed by atoms with Crippen molar-refractivity contribution in [2.24, 2.45) is 11.8 Å². The van der Waals surface area contributed by atoms with Crippen LogP contribution in [0.4, 0.5) is 0 Å². The number of benzene rings is 4. The van der Waals surface area contributed by atoms with Crippen LogP contribution in [-0.2, 0) is 25.5 Å². The summed E-state index contributed by atoms with van der Waals surface area (Å²) in [6.07, 6.45) is 9.06. The van der Waals surface area contributed by atoms with Crippen molar-refractivity contribution in [3.63, 3.8) is 0 Å². The van der Waals surface area contributed by atoms with E-state index in [1.165, 1.54) is 44.5 Å². The van der Waals surface area contributed by atoms with Crippen molar-refractivity contribution >= 4 is 45.7 Å². The zero-order valence-electron chi connectivity index (χ0n) is 37.6. The molecule has 4 aromatic carbocycles. The van der Waals surface area contributed by atoms with Crippen molar-refractivity contribution in [1.82, 2.24) is 10.5 Å². The van der Waals surface area contributed by atoms with Crippen LogP contribution in [0.5, 0.6) is 0 Å². The normalized spacial score (nSPS) is 18.5. The van der Waals surface area contributed by atoms with Crippen molar-refractivity contribution in [1.29, 1.82) is 0 Å². The van der Waals surface area contributed by atoms with E-state index in [4.69, 9.17) is 17.2 Å². The Morgan fingerprint density at radius 2 is 0.883 bits per heavy atom. The number of allylic oxidation sites excluding steroid dienone is 2. The third-order valence-electron chi connectivity index (χ3n) is 14.2. The van der Waals surface area contributed by atoms with Crippen LogP contribution in [0.25, 0.3) is 34.4 Å². The third kappa shape index (κ3) is 8.24. The summed E-state index contributed by atoms with van der Waals surface area (Å²) >= 11 is -6.30. The Balaban J connectivity index is 1.75. The van der Waals surface area contributed by atoms with Gasteiger partial charge < -0.3 is 0 Å². The van der Waals surface area contributed by atoms with E-state index in [1.807, 2.05) is 13.8 Å². The maximum absolute atomic E-state index is 13.9. The van der Waals surface area contributed by atoms with Gasteiger partial charge in [0.2, 0.25) is 0 Å². The fourth-order valence-corrected chi connectivity index (χ4v) is 39.8. The molecular weight excluding hydrogens is 945 g/mol. The van der Waals surface area contributed by atoms with E-state index in [0.717, 1.165) is 47.9 Å². The van der Waals surface area contributed by atoms with Gasteiger partial charge in [-0.15, -0.1) is 0 Å². The van der Waals surface area contributed by atoms with E-state index in [1.54, 1.807) is 0 Å². The first-order valence-electron chi connectivity index (χ1n) is 22.7. The summed E-state index contributed by atoms with van der Waals surface area (Å²) in [5.74, 6) is 0.621. The predicted molar refractivity (Wildman–Crippen MR) is 256 cm³/mol. The van der Waals surface area contributed by atoms with E-state index >= 15 is 0 Å². The molecule has 6 rings (SSSR count). The quantitative estimate of drug-likeness (QED) is 0.104. The molecule has 0 saturated carbocycles. The standard InChI is InChI=1S/2C23H27.C6H11BN2O2.2ClH.Hf/c2*1-5-16(3)19-14-18-10-9-13-22(23(18)15-19)21-12-8-7-11-20(21)17(4)6-2;1-3-5(10)8-7-9-6(11)4-2;;;/h2*7-17H,5-6H2,1-4H3;3-4H2,1-2H3,(H-,8,9,10,11);2*1H;/q;;;;;+1/p-1. The number of carbonyl (C=O) groups is 2. The average molecular weight is 1010 g/mol. The van der Waals surface area contributed by atoms with Gasteiger partial charge in [-0.25, -0.2) is 0 Å². The van der Waals surface area contributed by atoms with Gasteiger partial charge in [0, 0.05) is 0 Å². The van der Waals surface area contributed by atoms with E-state index in [9.17, 15) is 9.59 Å². The Bertz CT molecular complexity index is 2150. The van der Waals surface area contributed by atoms with Crippen LogP contribution < -0.4 is 10.5 Å². The zero-order chi connectivity index (χ0) is 43.5. The van der Waals surface area contributed by atoms with Crippen LogP contribution in [-0.4, -0.2) is 16.4 Å². The SMILES string of the molecule is CCC(=O)N[B](NC(=O)CC)[Hf]([Cl])([Cl])([CH]1C(C(C)CC)=Cc2c(-c3ccccc3C(C)CC)cccc21)[CH]1C(C(C)CC)=Cc2c(-c3ccccc3C(C)CC)cccc21. The molecule has 317 valence electrons. The fourth-order valence-electron chi connectivity index (χ4n) is 10.00. The second-order valence-electron chi connectivity index (χ2n) is 17.7.